The highest BCUT2D eigenvalue weighted by Gasteiger charge is 2.43. The molecule has 1 atom stereocenters. The summed E-state index contributed by atoms with van der Waals surface area (Å²) in [7, 11) is 0. The predicted molar refractivity (Wildman–Crippen MR) is 129 cm³/mol. The van der Waals surface area contributed by atoms with Crippen LogP contribution in [0.3, 0.4) is 0 Å². The lowest BCUT2D eigenvalue weighted by Crippen LogP contribution is -2.60. The van der Waals surface area contributed by atoms with Gasteiger partial charge in [0.1, 0.15) is 13.2 Å². The van der Waals surface area contributed by atoms with Crippen LogP contribution in [0.5, 0.6) is 0 Å². The molecule has 8 heteroatoms. The molecule has 2 aromatic rings. The van der Waals surface area contributed by atoms with Gasteiger partial charge in [-0.25, -0.2) is 4.79 Å². The quantitative estimate of drug-likeness (QED) is 0.199. The van der Waals surface area contributed by atoms with Crippen molar-refractivity contribution in [3.05, 3.63) is 59.7 Å². The Balaban J connectivity index is 1.69. The molecule has 0 radical (unpaired) electrons. The largest absolute Gasteiger partial charge is 0.463 e. The molecule has 0 aliphatic heterocycles. The monoisotopic (exact) mass is 467 g/mol. The molecule has 3 rings (SSSR count). The highest BCUT2D eigenvalue weighted by atomic mass is 16.5. The molecule has 0 unspecified atom stereocenters. The van der Waals surface area contributed by atoms with Crippen LogP contribution in [0.2, 0.25) is 0 Å². The molecule has 6 N–H and O–H groups in total. The molecule has 34 heavy (non-hydrogen) atoms. The molecule has 0 saturated carbocycles. The Hall–Kier alpha value is -3.07. The van der Waals surface area contributed by atoms with Crippen LogP contribution in [0, 0.1) is 0 Å². The van der Waals surface area contributed by atoms with Crippen LogP contribution >= 0.6 is 0 Å². The van der Waals surface area contributed by atoms with Crippen molar-refractivity contribution in [2.24, 2.45) is 11.5 Å². The van der Waals surface area contributed by atoms with Crippen LogP contribution in [0.4, 0.5) is 0 Å². The first-order chi connectivity index (χ1) is 16.4. The van der Waals surface area contributed by atoms with E-state index in [1.807, 2.05) is 48.5 Å². The number of aliphatic hydroxyl groups is 1. The van der Waals surface area contributed by atoms with E-state index in [1.54, 1.807) is 0 Å². The number of benzene rings is 2. The van der Waals surface area contributed by atoms with Crippen molar-refractivity contribution in [3.8, 4) is 11.1 Å². The fourth-order valence-corrected chi connectivity index (χ4v) is 4.31. The van der Waals surface area contributed by atoms with Gasteiger partial charge >= 0.3 is 5.97 Å². The lowest BCUT2D eigenvalue weighted by Gasteiger charge is -2.27. The van der Waals surface area contributed by atoms with Gasteiger partial charge in [-0.2, -0.15) is 0 Å². The normalized spacial score (nSPS) is 14.1. The molecule has 182 valence electrons. The average molecular weight is 468 g/mol. The highest BCUT2D eigenvalue weighted by molar-refractivity contribution is 6.07. The van der Waals surface area contributed by atoms with Gasteiger partial charge in [-0.15, -0.1) is 0 Å². The van der Waals surface area contributed by atoms with Crippen molar-refractivity contribution in [1.29, 1.82) is 0 Å². The van der Waals surface area contributed by atoms with E-state index >= 15 is 0 Å². The summed E-state index contributed by atoms with van der Waals surface area (Å²) in [6.45, 7) is 0.122. The number of ether oxygens (including phenoxy) is 1. The highest BCUT2D eigenvalue weighted by Crippen LogP contribution is 2.44. The molecule has 2 aromatic carbocycles. The first-order valence-electron chi connectivity index (χ1n) is 11.7. The number of fused-ring (bicyclic) bond motifs is 3. The first-order valence-corrected chi connectivity index (χ1v) is 11.7. The summed E-state index contributed by atoms with van der Waals surface area (Å²) >= 11 is 0. The van der Waals surface area contributed by atoms with Crippen LogP contribution in [0.1, 0.15) is 49.1 Å². The Morgan fingerprint density at radius 1 is 0.971 bits per heavy atom. The van der Waals surface area contributed by atoms with Crippen LogP contribution in [-0.2, 0) is 19.1 Å². The first kappa shape index (κ1) is 25.6. The standard InChI is InChI=1S/C26H33N3O5/c27-14-6-5-13-26(28,24(32)29-15-7-8-18(31)16-30)25(33)34-17-23-21-11-3-1-9-19(21)20-10-2-4-12-22(20)23/h1-4,9-12,23,30H,5-8,13-17,27-28H2,(H,29,32)/t26-/m0/s1. The van der Waals surface area contributed by atoms with E-state index in [9.17, 15) is 14.4 Å². The van der Waals surface area contributed by atoms with Crippen molar-refractivity contribution in [2.45, 2.75) is 43.6 Å². The number of carbonyl (C=O) groups excluding carboxylic acids is 3. The molecular weight excluding hydrogens is 434 g/mol. The number of hydrogen-bond acceptors (Lipinski definition) is 7. The van der Waals surface area contributed by atoms with Crippen molar-refractivity contribution < 1.29 is 24.2 Å². The predicted octanol–water partition coefficient (Wildman–Crippen LogP) is 1.63. The number of nitrogens with two attached hydrogens (primary N) is 2. The van der Waals surface area contributed by atoms with Crippen molar-refractivity contribution in [3.63, 3.8) is 0 Å². The molecule has 0 bridgehead atoms. The van der Waals surface area contributed by atoms with Gasteiger partial charge in [0.05, 0.1) is 0 Å². The zero-order valence-electron chi connectivity index (χ0n) is 19.3. The van der Waals surface area contributed by atoms with Crippen molar-refractivity contribution in [1.82, 2.24) is 5.32 Å². The molecule has 1 aliphatic carbocycles. The van der Waals surface area contributed by atoms with Gasteiger partial charge < -0.3 is 26.6 Å². The molecule has 0 heterocycles. The second-order valence-electron chi connectivity index (χ2n) is 8.60. The van der Waals surface area contributed by atoms with Gasteiger partial charge in [0, 0.05) is 18.9 Å². The third kappa shape index (κ3) is 5.70. The fourth-order valence-electron chi connectivity index (χ4n) is 4.31. The Morgan fingerprint density at radius 3 is 2.18 bits per heavy atom. The van der Waals surface area contributed by atoms with Crippen LogP contribution in [0.15, 0.2) is 48.5 Å². The smallest absolute Gasteiger partial charge is 0.335 e. The number of Topliss-reactive ketones (excluding diaryl/α,β-unsaturated/α-hetero) is 1. The molecule has 0 saturated heterocycles. The lowest BCUT2D eigenvalue weighted by molar-refractivity contribution is -0.155. The fraction of sp³-hybridized carbons (Fsp3) is 0.423. The molecule has 1 aliphatic rings. The van der Waals surface area contributed by atoms with Crippen LogP contribution in [0.25, 0.3) is 11.1 Å². The van der Waals surface area contributed by atoms with Crippen molar-refractivity contribution in [2.75, 3.05) is 26.3 Å². The Kier molecular flexibility index (Phi) is 8.92. The summed E-state index contributed by atoms with van der Waals surface area (Å²) in [5, 5.41) is 11.4. The van der Waals surface area contributed by atoms with Gasteiger partial charge in [0.25, 0.3) is 5.91 Å². The van der Waals surface area contributed by atoms with E-state index < -0.39 is 24.0 Å². The van der Waals surface area contributed by atoms with Gasteiger partial charge in [0.2, 0.25) is 0 Å². The molecule has 8 nitrogen and oxygen atoms in total. The molecule has 0 aromatic heterocycles. The maximum absolute atomic E-state index is 13.1. The summed E-state index contributed by atoms with van der Waals surface area (Å²) < 4.78 is 5.68. The summed E-state index contributed by atoms with van der Waals surface area (Å²) in [4.78, 5) is 37.3. The number of hydrogen-bond donors (Lipinski definition) is 4. The molecular formula is C26H33N3O5. The Labute approximate surface area is 199 Å². The second kappa shape index (κ2) is 11.9. The lowest BCUT2D eigenvalue weighted by atomic mass is 9.92. The number of aliphatic hydroxyl groups excluding tert-OH is 1. The van der Waals surface area contributed by atoms with Crippen molar-refractivity contribution >= 4 is 17.7 Å². The summed E-state index contributed by atoms with van der Waals surface area (Å²) in [5.41, 5.74) is 14.4. The van der Waals surface area contributed by atoms with Gasteiger partial charge in [0.15, 0.2) is 11.3 Å². The summed E-state index contributed by atoms with van der Waals surface area (Å²) in [6.07, 6.45) is 1.69. The third-order valence-corrected chi connectivity index (χ3v) is 6.23. The van der Waals surface area contributed by atoms with E-state index in [0.29, 0.717) is 25.8 Å². The minimum absolute atomic E-state index is 0.0704. The maximum atomic E-state index is 13.1. The van der Waals surface area contributed by atoms with E-state index in [0.717, 1.165) is 22.3 Å². The van der Waals surface area contributed by atoms with E-state index in [-0.39, 0.29) is 37.7 Å². The minimum Gasteiger partial charge on any atom is -0.463 e. The number of ketones is 1. The molecule has 0 fully saturated rings. The number of amides is 1. The van der Waals surface area contributed by atoms with E-state index in [1.165, 1.54) is 0 Å². The van der Waals surface area contributed by atoms with Crippen LogP contribution < -0.4 is 16.8 Å². The molecule has 0 spiro atoms. The van der Waals surface area contributed by atoms with E-state index in [2.05, 4.69) is 5.32 Å². The second-order valence-corrected chi connectivity index (χ2v) is 8.60. The number of esters is 1. The number of rotatable bonds is 13. The van der Waals surface area contributed by atoms with E-state index in [4.69, 9.17) is 21.3 Å². The Bertz CT molecular complexity index is 980. The number of carbonyl (C=O) groups is 3. The summed E-state index contributed by atoms with van der Waals surface area (Å²) in [5.74, 6) is -1.88. The molecule has 1 amide bonds. The average Bonchev–Trinajstić information content (AvgIpc) is 3.18. The Morgan fingerprint density at radius 2 is 1.59 bits per heavy atom. The topological polar surface area (TPSA) is 145 Å². The SMILES string of the molecule is NCCCC[C@](N)(C(=O)NCCCC(=O)CO)C(=O)OCC1c2ccccc2-c2ccccc21. The van der Waals surface area contributed by atoms with Gasteiger partial charge in [-0.05, 0) is 54.5 Å². The minimum atomic E-state index is -1.85. The zero-order chi connectivity index (χ0) is 24.6. The van der Waals surface area contributed by atoms with Crippen LogP contribution in [-0.4, -0.2) is 54.6 Å². The summed E-state index contributed by atoms with van der Waals surface area (Å²) in [6, 6.07) is 16.0. The number of unbranched alkanes of at least 4 members (excludes halogenated alkanes) is 1. The maximum Gasteiger partial charge on any atom is 0.335 e. The van der Waals surface area contributed by atoms with Gasteiger partial charge in [-0.1, -0.05) is 48.5 Å². The third-order valence-electron chi connectivity index (χ3n) is 6.23. The zero-order valence-corrected chi connectivity index (χ0v) is 19.3. The van der Waals surface area contributed by atoms with Gasteiger partial charge in [-0.3, -0.25) is 9.59 Å². The number of nitrogens with one attached hydrogen (secondary N) is 1.